The van der Waals surface area contributed by atoms with Gasteiger partial charge in [-0.2, -0.15) is 0 Å². The molecule has 0 aliphatic heterocycles. The summed E-state index contributed by atoms with van der Waals surface area (Å²) >= 11 is 0. The second-order valence-corrected chi connectivity index (χ2v) is 9.59. The minimum absolute atomic E-state index is 0.0743. The summed E-state index contributed by atoms with van der Waals surface area (Å²) in [5.74, 6) is 3.16. The van der Waals surface area contributed by atoms with E-state index in [4.69, 9.17) is 9.47 Å². The lowest BCUT2D eigenvalue weighted by atomic mass is 9.44. The first-order valence-corrected chi connectivity index (χ1v) is 10.2. The van der Waals surface area contributed by atoms with Gasteiger partial charge in [-0.1, -0.05) is 6.92 Å². The van der Waals surface area contributed by atoms with Gasteiger partial charge in [-0.25, -0.2) is 0 Å². The third-order valence-corrected chi connectivity index (χ3v) is 8.95. The molecule has 0 amide bonds. The van der Waals surface area contributed by atoms with Crippen molar-refractivity contribution in [1.82, 2.24) is 0 Å². The highest BCUT2D eigenvalue weighted by molar-refractivity contribution is 5.10. The Morgan fingerprint density at radius 2 is 1.79 bits per heavy atom. The Morgan fingerprint density at radius 1 is 0.958 bits per heavy atom. The van der Waals surface area contributed by atoms with Crippen molar-refractivity contribution in [3.8, 4) is 0 Å². The van der Waals surface area contributed by atoms with Gasteiger partial charge in [0.05, 0.1) is 18.8 Å². The zero-order valence-corrected chi connectivity index (χ0v) is 15.8. The van der Waals surface area contributed by atoms with Gasteiger partial charge in [0.15, 0.2) is 0 Å². The van der Waals surface area contributed by atoms with Crippen LogP contribution in [0.1, 0.15) is 64.7 Å². The second-order valence-electron chi connectivity index (χ2n) is 9.59. The molecule has 3 heteroatoms. The molecule has 4 aliphatic rings. The Bertz CT molecular complexity index is 466. The number of aliphatic hydroxyl groups excluding tert-OH is 1. The summed E-state index contributed by atoms with van der Waals surface area (Å²) in [7, 11) is 3.79. The quantitative estimate of drug-likeness (QED) is 0.845. The number of ether oxygens (including phenoxy) is 2. The summed E-state index contributed by atoms with van der Waals surface area (Å²) in [5, 5.41) is 10.2. The second kappa shape index (κ2) is 6.25. The van der Waals surface area contributed by atoms with Gasteiger partial charge >= 0.3 is 0 Å². The summed E-state index contributed by atoms with van der Waals surface area (Å²) in [4.78, 5) is 0. The van der Waals surface area contributed by atoms with E-state index in [1.54, 1.807) is 0 Å². The van der Waals surface area contributed by atoms with Gasteiger partial charge in [-0.05, 0) is 92.3 Å². The first-order chi connectivity index (χ1) is 11.5. The van der Waals surface area contributed by atoms with Crippen LogP contribution in [0, 0.1) is 34.5 Å². The molecule has 0 bridgehead atoms. The molecular weight excluding hydrogens is 300 g/mol. The highest BCUT2D eigenvalue weighted by atomic mass is 16.5. The van der Waals surface area contributed by atoms with Crippen LogP contribution < -0.4 is 0 Å². The maximum absolute atomic E-state index is 10.2. The topological polar surface area (TPSA) is 38.7 Å². The van der Waals surface area contributed by atoms with Crippen LogP contribution in [0.5, 0.6) is 0 Å². The van der Waals surface area contributed by atoms with Crippen LogP contribution in [0.2, 0.25) is 0 Å². The van der Waals surface area contributed by atoms with Crippen LogP contribution in [0.15, 0.2) is 0 Å². The van der Waals surface area contributed by atoms with Crippen LogP contribution in [0.25, 0.3) is 0 Å². The molecule has 0 aromatic heterocycles. The average molecular weight is 337 g/mol. The summed E-state index contributed by atoms with van der Waals surface area (Å²) in [5.41, 5.74) is 0.731. The van der Waals surface area contributed by atoms with E-state index in [1.807, 2.05) is 14.2 Å². The van der Waals surface area contributed by atoms with Gasteiger partial charge in [0.1, 0.15) is 0 Å². The van der Waals surface area contributed by atoms with E-state index >= 15 is 0 Å². The molecule has 3 nitrogen and oxygen atoms in total. The molecule has 0 aromatic carbocycles. The van der Waals surface area contributed by atoms with E-state index in [-0.39, 0.29) is 6.10 Å². The molecule has 4 fully saturated rings. The molecule has 138 valence electrons. The van der Waals surface area contributed by atoms with Crippen LogP contribution in [0.3, 0.4) is 0 Å². The Labute approximate surface area is 147 Å². The van der Waals surface area contributed by atoms with E-state index in [0.29, 0.717) is 22.9 Å². The number of hydrogen-bond acceptors (Lipinski definition) is 3. The molecule has 0 spiro atoms. The standard InChI is InChI=1S/C21H36O3/c1-20-10-9-18-16(17(20)6-7-19(20)24-3)5-4-14-12-15(22)8-11-21(14,18)13-23-2/h14-19,22H,4-13H2,1-3H3/t14-,15-,16-,17-,18-,19-,20-,21+/m0/s1. The maximum atomic E-state index is 10.2. The fourth-order valence-corrected chi connectivity index (χ4v) is 7.92. The number of hydrogen-bond donors (Lipinski definition) is 1. The first kappa shape index (κ1) is 17.3. The van der Waals surface area contributed by atoms with Crippen LogP contribution >= 0.6 is 0 Å². The smallest absolute Gasteiger partial charge is 0.0627 e. The molecule has 0 radical (unpaired) electrons. The lowest BCUT2D eigenvalue weighted by Crippen LogP contribution is -2.57. The summed E-state index contributed by atoms with van der Waals surface area (Å²) in [6.07, 6.45) is 11.5. The summed E-state index contributed by atoms with van der Waals surface area (Å²) < 4.78 is 11.7. The van der Waals surface area contributed by atoms with Crippen molar-refractivity contribution in [2.45, 2.75) is 76.9 Å². The summed E-state index contributed by atoms with van der Waals surface area (Å²) in [6, 6.07) is 0. The SMILES string of the molecule is COC[C@]12CC[C@H](O)C[C@@H]1CC[C@H]1[C@@H]3CC[C@H](OC)[C@@]3(C)CC[C@@H]12. The minimum Gasteiger partial charge on any atom is -0.393 e. The van der Waals surface area contributed by atoms with Crippen LogP contribution in [0.4, 0.5) is 0 Å². The molecule has 4 saturated carbocycles. The Morgan fingerprint density at radius 3 is 2.54 bits per heavy atom. The molecular formula is C21H36O3. The van der Waals surface area contributed by atoms with E-state index in [9.17, 15) is 5.11 Å². The molecule has 4 aliphatic carbocycles. The number of rotatable bonds is 3. The molecule has 24 heavy (non-hydrogen) atoms. The average Bonchev–Trinajstić information content (AvgIpc) is 2.92. The van der Waals surface area contributed by atoms with Crippen molar-refractivity contribution in [3.63, 3.8) is 0 Å². The third-order valence-electron chi connectivity index (χ3n) is 8.95. The fraction of sp³-hybridized carbons (Fsp3) is 1.00. The van der Waals surface area contributed by atoms with Crippen molar-refractivity contribution in [2.75, 3.05) is 20.8 Å². The van der Waals surface area contributed by atoms with E-state index < -0.39 is 0 Å². The lowest BCUT2D eigenvalue weighted by Gasteiger charge is -2.61. The lowest BCUT2D eigenvalue weighted by molar-refractivity contribution is -0.164. The molecule has 8 atom stereocenters. The van der Waals surface area contributed by atoms with Crippen LogP contribution in [-0.2, 0) is 9.47 Å². The molecule has 4 rings (SSSR count). The zero-order chi connectivity index (χ0) is 16.9. The largest absolute Gasteiger partial charge is 0.393 e. The maximum Gasteiger partial charge on any atom is 0.0627 e. The monoisotopic (exact) mass is 336 g/mol. The Hall–Kier alpha value is -0.120. The highest BCUT2D eigenvalue weighted by Crippen LogP contribution is 2.66. The fourth-order valence-electron chi connectivity index (χ4n) is 7.92. The van der Waals surface area contributed by atoms with Crippen molar-refractivity contribution in [3.05, 3.63) is 0 Å². The van der Waals surface area contributed by atoms with E-state index in [0.717, 1.165) is 37.2 Å². The predicted octanol–water partition coefficient (Wildman–Crippen LogP) is 4.03. The normalized spacial score (nSPS) is 54.0. The number of fused-ring (bicyclic) bond motifs is 5. The Kier molecular flexibility index (Phi) is 4.50. The van der Waals surface area contributed by atoms with Gasteiger partial charge in [0.2, 0.25) is 0 Å². The third kappa shape index (κ3) is 2.34. The van der Waals surface area contributed by atoms with Crippen molar-refractivity contribution < 1.29 is 14.6 Å². The van der Waals surface area contributed by atoms with Gasteiger partial charge in [0.25, 0.3) is 0 Å². The Balaban J connectivity index is 1.64. The minimum atomic E-state index is -0.0743. The van der Waals surface area contributed by atoms with Gasteiger partial charge in [0, 0.05) is 14.2 Å². The van der Waals surface area contributed by atoms with Crippen molar-refractivity contribution in [1.29, 1.82) is 0 Å². The molecule has 0 saturated heterocycles. The van der Waals surface area contributed by atoms with Crippen LogP contribution in [-0.4, -0.2) is 38.1 Å². The molecule has 1 N–H and O–H groups in total. The highest BCUT2D eigenvalue weighted by Gasteiger charge is 2.61. The van der Waals surface area contributed by atoms with Gasteiger partial charge in [-0.3, -0.25) is 0 Å². The van der Waals surface area contributed by atoms with Crippen molar-refractivity contribution in [2.24, 2.45) is 34.5 Å². The first-order valence-electron chi connectivity index (χ1n) is 10.2. The zero-order valence-electron chi connectivity index (χ0n) is 15.8. The number of methoxy groups -OCH3 is 2. The predicted molar refractivity (Wildman–Crippen MR) is 94.7 cm³/mol. The number of aliphatic hydroxyl groups is 1. The van der Waals surface area contributed by atoms with E-state index in [1.165, 1.54) is 44.9 Å². The summed E-state index contributed by atoms with van der Waals surface area (Å²) in [6.45, 7) is 3.41. The van der Waals surface area contributed by atoms with Crippen molar-refractivity contribution >= 4 is 0 Å². The van der Waals surface area contributed by atoms with Gasteiger partial charge in [-0.15, -0.1) is 0 Å². The molecule has 0 aromatic rings. The molecule has 0 heterocycles. The van der Waals surface area contributed by atoms with Gasteiger partial charge < -0.3 is 14.6 Å². The van der Waals surface area contributed by atoms with E-state index in [2.05, 4.69) is 6.92 Å². The molecule has 0 unspecified atom stereocenters.